The summed E-state index contributed by atoms with van der Waals surface area (Å²) < 4.78 is 1.53. The third-order valence-corrected chi connectivity index (χ3v) is 1.44. The smallest absolute Gasteiger partial charge is 0.342 e. The van der Waals surface area contributed by atoms with E-state index in [0.29, 0.717) is 6.54 Å². The molecule has 0 atom stereocenters. The van der Waals surface area contributed by atoms with Crippen LogP contribution in [0.25, 0.3) is 0 Å². The van der Waals surface area contributed by atoms with Crippen molar-refractivity contribution < 1.29 is 9.90 Å². The minimum Gasteiger partial charge on any atom is -0.477 e. The van der Waals surface area contributed by atoms with Crippen LogP contribution in [0.1, 0.15) is 17.3 Å². The quantitative estimate of drug-likeness (QED) is 0.672. The van der Waals surface area contributed by atoms with Gasteiger partial charge in [-0.2, -0.15) is 4.98 Å². The first kappa shape index (κ1) is 8.45. The molecular formula is C7H8N2O3. The lowest BCUT2D eigenvalue weighted by Gasteiger charge is -2.00. The number of nitrogens with zero attached hydrogens (tertiary/aromatic N) is 2. The first-order valence-electron chi connectivity index (χ1n) is 3.44. The van der Waals surface area contributed by atoms with Crippen LogP contribution in [0.2, 0.25) is 0 Å². The zero-order chi connectivity index (χ0) is 9.14. The number of hydrogen-bond donors (Lipinski definition) is 1. The molecule has 0 unspecified atom stereocenters. The second-order valence-corrected chi connectivity index (χ2v) is 2.23. The highest BCUT2D eigenvalue weighted by atomic mass is 16.4. The SMILES string of the molecule is CCn1cnc(=O)c(C(=O)O)c1. The number of rotatable bonds is 2. The average molecular weight is 168 g/mol. The van der Waals surface area contributed by atoms with Gasteiger partial charge in [0.2, 0.25) is 0 Å². The fourth-order valence-electron chi connectivity index (χ4n) is 0.770. The van der Waals surface area contributed by atoms with Gasteiger partial charge in [0.1, 0.15) is 5.56 Å². The number of carbonyl (C=O) groups is 1. The van der Waals surface area contributed by atoms with Crippen molar-refractivity contribution in [2.45, 2.75) is 13.5 Å². The molecule has 64 valence electrons. The van der Waals surface area contributed by atoms with Gasteiger partial charge in [-0.3, -0.25) is 4.79 Å². The molecule has 1 rings (SSSR count). The largest absolute Gasteiger partial charge is 0.477 e. The van der Waals surface area contributed by atoms with E-state index in [-0.39, 0.29) is 5.56 Å². The van der Waals surface area contributed by atoms with Crippen molar-refractivity contribution in [3.05, 3.63) is 28.4 Å². The van der Waals surface area contributed by atoms with E-state index in [9.17, 15) is 9.59 Å². The molecule has 0 aliphatic heterocycles. The van der Waals surface area contributed by atoms with Crippen LogP contribution in [0.4, 0.5) is 0 Å². The maximum absolute atomic E-state index is 10.8. The molecule has 1 aromatic rings. The van der Waals surface area contributed by atoms with E-state index < -0.39 is 11.5 Å². The highest BCUT2D eigenvalue weighted by Crippen LogP contribution is 1.89. The normalized spacial score (nSPS) is 9.75. The molecule has 5 nitrogen and oxygen atoms in total. The third kappa shape index (κ3) is 1.50. The van der Waals surface area contributed by atoms with Crippen LogP contribution in [0, 0.1) is 0 Å². The van der Waals surface area contributed by atoms with E-state index in [1.54, 1.807) is 0 Å². The van der Waals surface area contributed by atoms with Crippen molar-refractivity contribution in [3.63, 3.8) is 0 Å². The third-order valence-electron chi connectivity index (χ3n) is 1.44. The summed E-state index contributed by atoms with van der Waals surface area (Å²) in [4.78, 5) is 24.7. The molecule has 5 heteroatoms. The maximum Gasteiger partial charge on any atom is 0.342 e. The van der Waals surface area contributed by atoms with Gasteiger partial charge in [-0.05, 0) is 6.92 Å². The average Bonchev–Trinajstić information content (AvgIpc) is 2.05. The van der Waals surface area contributed by atoms with Gasteiger partial charge < -0.3 is 9.67 Å². The Kier molecular flexibility index (Phi) is 2.23. The Labute approximate surface area is 68.3 Å². The summed E-state index contributed by atoms with van der Waals surface area (Å²) >= 11 is 0. The number of carboxylic acid groups (broad SMARTS) is 1. The van der Waals surface area contributed by atoms with E-state index in [2.05, 4.69) is 4.98 Å². The lowest BCUT2D eigenvalue weighted by molar-refractivity contribution is 0.0694. The summed E-state index contributed by atoms with van der Waals surface area (Å²) in [6, 6.07) is 0. The Balaban J connectivity index is 3.26. The summed E-state index contributed by atoms with van der Waals surface area (Å²) in [5, 5.41) is 8.53. The first-order chi connectivity index (χ1) is 5.65. The fourth-order valence-corrected chi connectivity index (χ4v) is 0.770. The molecule has 0 amide bonds. The van der Waals surface area contributed by atoms with Crippen molar-refractivity contribution in [1.29, 1.82) is 0 Å². The van der Waals surface area contributed by atoms with E-state index in [1.807, 2.05) is 6.92 Å². The minimum absolute atomic E-state index is 0.292. The molecule has 0 radical (unpaired) electrons. The van der Waals surface area contributed by atoms with Gasteiger partial charge in [-0.1, -0.05) is 0 Å². The first-order valence-corrected chi connectivity index (χ1v) is 3.44. The predicted octanol–water partition coefficient (Wildman–Crippen LogP) is -0.0386. The second-order valence-electron chi connectivity index (χ2n) is 2.23. The Hall–Kier alpha value is -1.65. The molecule has 0 fully saturated rings. The lowest BCUT2D eigenvalue weighted by Crippen LogP contribution is -2.19. The zero-order valence-electron chi connectivity index (χ0n) is 6.52. The molecule has 12 heavy (non-hydrogen) atoms. The highest BCUT2D eigenvalue weighted by molar-refractivity contribution is 5.86. The van der Waals surface area contributed by atoms with Crippen LogP contribution in [0.3, 0.4) is 0 Å². The summed E-state index contributed by atoms with van der Waals surface area (Å²) in [7, 11) is 0. The van der Waals surface area contributed by atoms with Gasteiger partial charge in [0.05, 0.1) is 6.33 Å². The summed E-state index contributed by atoms with van der Waals surface area (Å²) in [6.07, 6.45) is 2.59. The van der Waals surface area contributed by atoms with E-state index in [4.69, 9.17) is 5.11 Å². The zero-order valence-corrected chi connectivity index (χ0v) is 6.52. The van der Waals surface area contributed by atoms with Crippen LogP contribution in [-0.4, -0.2) is 20.6 Å². The molecule has 1 heterocycles. The Bertz CT molecular complexity index is 356. The lowest BCUT2D eigenvalue weighted by atomic mass is 10.3. The molecule has 0 spiro atoms. The van der Waals surface area contributed by atoms with E-state index in [0.717, 1.165) is 0 Å². The Morgan fingerprint density at radius 2 is 2.42 bits per heavy atom. The van der Waals surface area contributed by atoms with Crippen LogP contribution in [0.5, 0.6) is 0 Å². The van der Waals surface area contributed by atoms with Crippen LogP contribution < -0.4 is 5.56 Å². The van der Waals surface area contributed by atoms with Crippen molar-refractivity contribution >= 4 is 5.97 Å². The number of carboxylic acids is 1. The second kappa shape index (κ2) is 3.17. The topological polar surface area (TPSA) is 72.2 Å². The number of aromatic nitrogens is 2. The molecule has 0 saturated heterocycles. The van der Waals surface area contributed by atoms with Crippen LogP contribution in [0.15, 0.2) is 17.3 Å². The highest BCUT2D eigenvalue weighted by Gasteiger charge is 2.08. The monoisotopic (exact) mass is 168 g/mol. The van der Waals surface area contributed by atoms with Crippen molar-refractivity contribution in [1.82, 2.24) is 9.55 Å². The van der Waals surface area contributed by atoms with Gasteiger partial charge in [0.15, 0.2) is 0 Å². The number of aromatic carboxylic acids is 1. The molecule has 1 aromatic heterocycles. The molecule has 0 bridgehead atoms. The predicted molar refractivity (Wildman–Crippen MR) is 41.1 cm³/mol. The van der Waals surface area contributed by atoms with Crippen molar-refractivity contribution in [3.8, 4) is 0 Å². The standard InChI is InChI=1S/C7H8N2O3/c1-2-9-3-5(7(11)12)6(10)8-4-9/h3-4H,2H2,1H3,(H,11,12). The molecular weight excluding hydrogens is 160 g/mol. The number of hydrogen-bond acceptors (Lipinski definition) is 3. The summed E-state index contributed by atoms with van der Waals surface area (Å²) in [6.45, 7) is 2.42. The summed E-state index contributed by atoms with van der Waals surface area (Å²) in [5.74, 6) is -1.24. The number of aryl methyl sites for hydroxylation is 1. The fraction of sp³-hybridized carbons (Fsp3) is 0.286. The van der Waals surface area contributed by atoms with E-state index >= 15 is 0 Å². The molecule has 0 aliphatic carbocycles. The van der Waals surface area contributed by atoms with Crippen LogP contribution in [-0.2, 0) is 6.54 Å². The van der Waals surface area contributed by atoms with E-state index in [1.165, 1.54) is 17.1 Å². The molecule has 0 saturated carbocycles. The molecule has 0 aromatic carbocycles. The molecule has 0 aliphatic rings. The van der Waals surface area contributed by atoms with Crippen molar-refractivity contribution in [2.75, 3.05) is 0 Å². The van der Waals surface area contributed by atoms with Crippen LogP contribution >= 0.6 is 0 Å². The summed E-state index contributed by atoms with van der Waals surface area (Å²) in [5.41, 5.74) is -0.994. The van der Waals surface area contributed by atoms with Gasteiger partial charge >= 0.3 is 5.97 Å². The minimum atomic E-state index is -1.24. The van der Waals surface area contributed by atoms with Gasteiger partial charge in [-0.25, -0.2) is 4.79 Å². The maximum atomic E-state index is 10.8. The van der Waals surface area contributed by atoms with Gasteiger partial charge in [0.25, 0.3) is 5.56 Å². The van der Waals surface area contributed by atoms with Gasteiger partial charge in [0, 0.05) is 12.7 Å². The Morgan fingerprint density at radius 3 is 2.92 bits per heavy atom. The van der Waals surface area contributed by atoms with Crippen molar-refractivity contribution in [2.24, 2.45) is 0 Å². The Morgan fingerprint density at radius 1 is 1.75 bits per heavy atom. The van der Waals surface area contributed by atoms with Gasteiger partial charge in [-0.15, -0.1) is 0 Å². The molecule has 1 N–H and O–H groups in total.